The monoisotopic (exact) mass is 1670 g/mol. The highest BCUT2D eigenvalue weighted by Gasteiger charge is 2.50. The van der Waals surface area contributed by atoms with E-state index in [1.54, 1.807) is 26.8 Å². The summed E-state index contributed by atoms with van der Waals surface area (Å²) in [5.41, 5.74) is 19.4. The van der Waals surface area contributed by atoms with Crippen LogP contribution in [0, 0.1) is 19.7 Å². The van der Waals surface area contributed by atoms with Crippen LogP contribution in [-0.2, 0) is 76.7 Å². The lowest BCUT2D eigenvalue weighted by atomic mass is 9.92. The van der Waals surface area contributed by atoms with Gasteiger partial charge < -0.3 is 108 Å². The zero-order valence-corrected chi connectivity index (χ0v) is 69.9. The summed E-state index contributed by atoms with van der Waals surface area (Å²) in [5, 5.41) is 22.2. The van der Waals surface area contributed by atoms with E-state index in [1.165, 1.54) is 0 Å². The number of hydrogen-bond donors (Lipinski definition) is 5. The van der Waals surface area contributed by atoms with Gasteiger partial charge in [0.05, 0.1) is 99.1 Å². The molecule has 4 unspecified atom stereocenters. The van der Waals surface area contributed by atoms with Gasteiger partial charge in [0.2, 0.25) is 0 Å². The number of rotatable bonds is 12. The standard InChI is InChI=1S/C22H22N2O4.C15H23N3O2.C15H18N2O2.C14H16N2O2.C14H19NO4.C14H17NO3/c1-23-19-9-7-18(8-10-19)20-27-16-22(28-20)11-13-24(14-12-22)21(25)26-15-17-5-3-2-4-6-17;1-18-8-6-15(7-9-18)10-19-14(20-15)12-4-2-11(3-5-12)13(16)17;1-16-13-5-3-12(4-6-13)14-18-11-15(19-14)7-9-17(2)10-8-15;1-15-12-4-2-11(3-5-12)13-17-10-14(18-13)6-8-16-9-7-14;16-11-14(18)6-8-15(9-7-14)13(17)19-10-12-4-2-1-3-5-12;16-13(17-10-12-4-2-1-3-5-12)15-8-6-14(7-9-15)11-18-14/h2-10,20H,11-16H2;2-5,13-14H,6-10,16-17H2,1H3;3-6,14H,7-11H2,2H3;2-5,13,16H,6-10H2;1-5,16,18H,6-11H2;1-5H,6-11H2. The lowest BCUT2D eigenvalue weighted by Crippen LogP contribution is -2.48. The van der Waals surface area contributed by atoms with Gasteiger partial charge >= 0.3 is 18.3 Å². The number of amides is 3. The van der Waals surface area contributed by atoms with Crippen molar-refractivity contribution in [3.05, 3.63) is 267 Å². The molecule has 4 atom stereocenters. The molecule has 3 amide bonds. The van der Waals surface area contributed by atoms with Crippen molar-refractivity contribution >= 4 is 35.3 Å². The summed E-state index contributed by atoms with van der Waals surface area (Å²) < 4.78 is 69.4. The number of carbonyl (C=O) groups is 3. The van der Waals surface area contributed by atoms with E-state index in [9.17, 15) is 19.5 Å². The average molecular weight is 1670 g/mol. The first kappa shape index (κ1) is 89.9. The third-order valence-corrected chi connectivity index (χ3v) is 24.5. The number of carbonyl (C=O) groups excluding carboxylic acids is 3. The van der Waals surface area contributed by atoms with Crippen molar-refractivity contribution in [2.75, 3.05) is 132 Å². The average Bonchev–Trinajstić information content (AvgIpc) is 1.58. The highest BCUT2D eigenvalue weighted by atomic mass is 16.8. The minimum absolute atomic E-state index is 0.0971. The summed E-state index contributed by atoms with van der Waals surface area (Å²) in [6.45, 7) is 34.6. The Hall–Kier alpha value is -9.82. The topological polar surface area (TPSA) is 299 Å². The molecule has 648 valence electrons. The van der Waals surface area contributed by atoms with Crippen LogP contribution in [0.4, 0.5) is 31.4 Å². The Bertz CT molecular complexity index is 4560. The van der Waals surface area contributed by atoms with E-state index in [2.05, 4.69) is 43.7 Å². The van der Waals surface area contributed by atoms with E-state index < -0.39 is 18.1 Å². The Morgan fingerprint density at radius 1 is 0.402 bits per heavy atom. The van der Waals surface area contributed by atoms with E-state index in [1.807, 2.05) is 176 Å². The van der Waals surface area contributed by atoms with Crippen molar-refractivity contribution in [2.24, 2.45) is 11.5 Å². The van der Waals surface area contributed by atoms with Crippen molar-refractivity contribution in [1.82, 2.24) is 29.8 Å². The van der Waals surface area contributed by atoms with Crippen molar-refractivity contribution in [3.8, 4) is 0 Å². The molecule has 0 aliphatic carbocycles. The molecule has 28 nitrogen and oxygen atoms in total. The second-order valence-electron chi connectivity index (χ2n) is 33.4. The fraction of sp³-hybridized carbons (Fsp3) is 0.489. The lowest BCUT2D eigenvalue weighted by Gasteiger charge is -2.37. The number of hydrogen-bond acceptors (Lipinski definition) is 22. The van der Waals surface area contributed by atoms with Crippen LogP contribution in [0.25, 0.3) is 14.5 Å². The largest absolute Gasteiger partial charge is 0.445 e. The lowest BCUT2D eigenvalue weighted by molar-refractivity contribution is -0.108. The molecule has 11 aliphatic heterocycles. The van der Waals surface area contributed by atoms with Crippen LogP contribution in [-0.4, -0.2) is 219 Å². The molecule has 122 heavy (non-hydrogen) atoms. The van der Waals surface area contributed by atoms with Crippen molar-refractivity contribution in [2.45, 2.75) is 162 Å². The zero-order chi connectivity index (χ0) is 85.4. The first-order valence-corrected chi connectivity index (χ1v) is 42.3. The molecule has 11 aliphatic rings. The first-order chi connectivity index (χ1) is 59.2. The van der Waals surface area contributed by atoms with Gasteiger partial charge in [0.25, 0.3) is 0 Å². The molecule has 28 heteroatoms. The normalized spacial score (nSPS) is 22.9. The number of aliphatic hydroxyl groups is 2. The first-order valence-electron chi connectivity index (χ1n) is 42.3. The SMILES string of the molecule is CN1CCC2(CC1)COC(c1ccc(C(N)N)cc1)O2.O=C(OCc1ccccc1)N1CCC(O)(CO)CC1.O=C(OCc1ccccc1)N1CCC2(CC1)CO2.[C-]#[N+]c1ccc(C2OCC3(CCN(C(=O)OCc4ccccc4)CC3)O2)cc1.[C-]#[N+]c1ccc(C2OCC3(CCN(C)CC3)O2)cc1.[C-]#[N+]c1ccc(C2OCC3(CCNCC3)O2)cc1. The second-order valence-corrected chi connectivity index (χ2v) is 33.4. The molecule has 0 saturated carbocycles. The fourth-order valence-corrected chi connectivity index (χ4v) is 16.0. The highest BCUT2D eigenvalue weighted by Crippen LogP contribution is 2.45. The number of benzene rings is 7. The Balaban J connectivity index is 0.000000127. The Morgan fingerprint density at radius 2 is 0.672 bits per heavy atom. The van der Waals surface area contributed by atoms with E-state index in [0.717, 1.165) is 155 Å². The van der Waals surface area contributed by atoms with Gasteiger partial charge in [-0.25, -0.2) is 28.9 Å². The molecular formula is C94H115N11O17. The Kier molecular flexibility index (Phi) is 31.3. The second kappa shape index (κ2) is 42.5. The molecule has 7 aromatic carbocycles. The number of nitrogens with zero attached hydrogens (tertiary/aromatic N) is 8. The Labute approximate surface area is 715 Å². The summed E-state index contributed by atoms with van der Waals surface area (Å²) in [7, 11) is 4.29. The summed E-state index contributed by atoms with van der Waals surface area (Å²) in [4.78, 5) is 55.9. The molecule has 11 fully saturated rings. The smallest absolute Gasteiger partial charge is 0.410 e. The molecule has 11 saturated heterocycles. The van der Waals surface area contributed by atoms with E-state index >= 15 is 0 Å². The molecule has 0 aromatic heterocycles. The van der Waals surface area contributed by atoms with E-state index in [0.29, 0.717) is 102 Å². The van der Waals surface area contributed by atoms with Gasteiger partial charge in [-0.3, -0.25) is 0 Å². The van der Waals surface area contributed by atoms with Gasteiger partial charge in [-0.15, -0.1) is 0 Å². The van der Waals surface area contributed by atoms with Crippen LogP contribution in [0.15, 0.2) is 188 Å². The predicted molar refractivity (Wildman–Crippen MR) is 454 cm³/mol. The number of ether oxygens (including phenoxy) is 12. The van der Waals surface area contributed by atoms with E-state index in [-0.39, 0.29) is 85.0 Å². The number of likely N-dealkylation sites (tertiary alicyclic amines) is 5. The maximum Gasteiger partial charge on any atom is 0.410 e. The molecule has 7 N–H and O–H groups in total. The molecule has 7 aromatic rings. The number of nitrogens with one attached hydrogen (secondary N) is 1. The maximum absolute atomic E-state index is 12.3. The quantitative estimate of drug-likeness (QED) is 0.0329. The molecule has 5 spiro atoms. The van der Waals surface area contributed by atoms with Crippen LogP contribution in [0.3, 0.4) is 0 Å². The van der Waals surface area contributed by atoms with Crippen LogP contribution in [0.5, 0.6) is 0 Å². The fourth-order valence-electron chi connectivity index (χ4n) is 16.0. The molecular weight excluding hydrogens is 1560 g/mol. The van der Waals surface area contributed by atoms with Crippen LogP contribution in [0.2, 0.25) is 0 Å². The van der Waals surface area contributed by atoms with Gasteiger partial charge in [0.15, 0.2) is 42.2 Å². The van der Waals surface area contributed by atoms with Crippen molar-refractivity contribution < 1.29 is 81.4 Å². The van der Waals surface area contributed by atoms with Gasteiger partial charge in [-0.05, 0) is 126 Å². The number of epoxide rings is 1. The summed E-state index contributed by atoms with van der Waals surface area (Å²) in [6, 6.07) is 58.9. The van der Waals surface area contributed by atoms with E-state index in [4.69, 9.17) is 93.1 Å². The van der Waals surface area contributed by atoms with Gasteiger partial charge in [-0.1, -0.05) is 188 Å². The van der Waals surface area contributed by atoms with Gasteiger partial charge in [0, 0.05) is 87.7 Å². The van der Waals surface area contributed by atoms with Gasteiger partial charge in [0.1, 0.15) is 19.8 Å². The van der Waals surface area contributed by atoms with Gasteiger partial charge in [-0.2, -0.15) is 0 Å². The van der Waals surface area contributed by atoms with Crippen LogP contribution in [0.1, 0.15) is 153 Å². The minimum Gasteiger partial charge on any atom is -0.445 e. The summed E-state index contributed by atoms with van der Waals surface area (Å²) in [6.07, 6.45) is 7.65. The number of nitrogens with two attached hydrogens (primary N) is 2. The van der Waals surface area contributed by atoms with Crippen molar-refractivity contribution in [1.29, 1.82) is 0 Å². The number of piperidine rings is 6. The predicted octanol–water partition coefficient (Wildman–Crippen LogP) is 14.0. The third-order valence-electron chi connectivity index (χ3n) is 24.5. The highest BCUT2D eigenvalue weighted by molar-refractivity contribution is 5.69. The summed E-state index contributed by atoms with van der Waals surface area (Å²) in [5.74, 6) is 0. The van der Waals surface area contributed by atoms with Crippen LogP contribution >= 0.6 is 0 Å². The molecule has 11 heterocycles. The molecule has 0 radical (unpaired) electrons. The van der Waals surface area contributed by atoms with Crippen LogP contribution < -0.4 is 16.8 Å². The van der Waals surface area contributed by atoms with Crippen molar-refractivity contribution in [3.63, 3.8) is 0 Å². The molecule has 18 rings (SSSR count). The zero-order valence-electron chi connectivity index (χ0n) is 69.9. The summed E-state index contributed by atoms with van der Waals surface area (Å²) >= 11 is 0. The molecule has 0 bridgehead atoms. The minimum atomic E-state index is -1.05. The third kappa shape index (κ3) is 25.0. The Morgan fingerprint density at radius 3 is 0.951 bits per heavy atom. The maximum atomic E-state index is 12.3. The number of aliphatic hydroxyl groups excluding tert-OH is 1.